The third-order valence-electron chi connectivity index (χ3n) is 5.43. The molecule has 0 aliphatic carbocycles. The molecule has 0 N–H and O–H groups in total. The van der Waals surface area contributed by atoms with Gasteiger partial charge in [-0.05, 0) is 44.1 Å². The number of hydrogen-bond donors (Lipinski definition) is 0. The number of aromatic nitrogens is 3. The zero-order chi connectivity index (χ0) is 19.8. The normalized spacial score (nSPS) is 15.5. The Hall–Kier alpha value is -3.19. The number of para-hydroxylation sites is 1. The fourth-order valence-corrected chi connectivity index (χ4v) is 3.99. The molecule has 7 nitrogen and oxygen atoms in total. The van der Waals surface area contributed by atoms with Crippen molar-refractivity contribution in [2.75, 3.05) is 20.2 Å². The monoisotopic (exact) mass is 390 g/mol. The lowest BCUT2D eigenvalue weighted by Gasteiger charge is -2.25. The largest absolute Gasteiger partial charge is 0.465 e. The van der Waals surface area contributed by atoms with E-state index in [-0.39, 0.29) is 0 Å². The summed E-state index contributed by atoms with van der Waals surface area (Å²) >= 11 is 0. The number of hydrogen-bond acceptors (Lipinski definition) is 6. The number of likely N-dealkylation sites (tertiary alicyclic amines) is 1. The first kappa shape index (κ1) is 17.9. The lowest BCUT2D eigenvalue weighted by atomic mass is 10.1. The Bertz CT molecular complexity index is 1070. The van der Waals surface area contributed by atoms with E-state index in [0.717, 1.165) is 36.6 Å². The molecular weight excluding hydrogens is 368 g/mol. The summed E-state index contributed by atoms with van der Waals surface area (Å²) < 4.78 is 12.8. The van der Waals surface area contributed by atoms with Crippen LogP contribution in [0.5, 0.6) is 11.5 Å². The van der Waals surface area contributed by atoms with E-state index in [1.807, 2.05) is 28.9 Å². The zero-order valence-corrected chi connectivity index (χ0v) is 16.3. The lowest BCUT2D eigenvalue weighted by molar-refractivity contribution is 0.0600. The summed E-state index contributed by atoms with van der Waals surface area (Å²) in [7, 11) is 1.35. The summed E-state index contributed by atoms with van der Waals surface area (Å²) in [6.07, 6.45) is 5.29. The van der Waals surface area contributed by atoms with Crippen LogP contribution >= 0.6 is 0 Å². The summed E-state index contributed by atoms with van der Waals surface area (Å²) in [5.41, 5.74) is 3.23. The number of rotatable bonds is 3. The minimum Gasteiger partial charge on any atom is -0.465 e. The van der Waals surface area contributed by atoms with Gasteiger partial charge in [-0.25, -0.2) is 14.5 Å². The first-order chi connectivity index (χ1) is 14.2. The number of fused-ring (bicyclic) bond motifs is 5. The number of pyridine rings is 1. The molecule has 0 spiro atoms. The van der Waals surface area contributed by atoms with Gasteiger partial charge in [0.1, 0.15) is 5.75 Å². The van der Waals surface area contributed by atoms with Crippen LogP contribution in [0.3, 0.4) is 0 Å². The number of piperidine rings is 1. The predicted octanol–water partition coefficient (Wildman–Crippen LogP) is 3.81. The summed E-state index contributed by atoms with van der Waals surface area (Å²) in [4.78, 5) is 18.9. The first-order valence-electron chi connectivity index (χ1n) is 9.90. The maximum Gasteiger partial charge on any atom is 0.339 e. The Morgan fingerprint density at radius 1 is 1.14 bits per heavy atom. The first-order valence-corrected chi connectivity index (χ1v) is 9.90. The second kappa shape index (κ2) is 7.33. The fourth-order valence-electron chi connectivity index (χ4n) is 3.99. The molecule has 4 heterocycles. The number of carbonyl (C=O) groups is 1. The van der Waals surface area contributed by atoms with E-state index >= 15 is 0 Å². The molecule has 148 valence electrons. The number of methoxy groups -OCH3 is 1. The highest BCUT2D eigenvalue weighted by molar-refractivity contribution is 5.90. The Kier molecular flexibility index (Phi) is 4.52. The van der Waals surface area contributed by atoms with Gasteiger partial charge >= 0.3 is 5.97 Å². The molecule has 0 bridgehead atoms. The van der Waals surface area contributed by atoms with Crippen LogP contribution in [0.4, 0.5) is 0 Å². The van der Waals surface area contributed by atoms with Gasteiger partial charge < -0.3 is 9.47 Å². The van der Waals surface area contributed by atoms with Crippen LogP contribution in [-0.4, -0.2) is 45.8 Å². The van der Waals surface area contributed by atoms with E-state index in [1.54, 1.807) is 6.07 Å². The smallest absolute Gasteiger partial charge is 0.339 e. The third kappa shape index (κ3) is 3.27. The van der Waals surface area contributed by atoms with E-state index in [4.69, 9.17) is 14.6 Å². The molecule has 1 saturated heterocycles. The highest BCUT2D eigenvalue weighted by Crippen LogP contribution is 2.40. The molecule has 0 radical (unpaired) electrons. The van der Waals surface area contributed by atoms with Crippen LogP contribution < -0.4 is 4.74 Å². The van der Waals surface area contributed by atoms with Gasteiger partial charge in [0.2, 0.25) is 0 Å². The Morgan fingerprint density at radius 3 is 2.79 bits per heavy atom. The van der Waals surface area contributed by atoms with Crippen LogP contribution in [0.15, 0.2) is 42.6 Å². The summed E-state index contributed by atoms with van der Waals surface area (Å²) in [6.45, 7) is 3.04. The van der Waals surface area contributed by atoms with E-state index in [2.05, 4.69) is 16.0 Å². The number of benzene rings is 1. The van der Waals surface area contributed by atoms with Gasteiger partial charge in [0.15, 0.2) is 11.6 Å². The molecule has 2 aromatic heterocycles. The molecule has 0 saturated carbocycles. The third-order valence-corrected chi connectivity index (χ3v) is 5.43. The quantitative estimate of drug-likeness (QED) is 0.496. The second-order valence-corrected chi connectivity index (χ2v) is 7.41. The molecule has 2 aliphatic heterocycles. The molecule has 0 unspecified atom stereocenters. The molecule has 5 rings (SSSR count). The molecule has 3 aromatic rings. The zero-order valence-electron chi connectivity index (χ0n) is 16.3. The Labute approximate surface area is 168 Å². The molecule has 0 atom stereocenters. The van der Waals surface area contributed by atoms with Gasteiger partial charge in [0.25, 0.3) is 0 Å². The maximum atomic E-state index is 12.0. The molecule has 1 aromatic carbocycles. The second-order valence-electron chi connectivity index (χ2n) is 7.41. The number of ether oxygens (including phenoxy) is 2. The lowest BCUT2D eigenvalue weighted by Crippen LogP contribution is -2.29. The predicted molar refractivity (Wildman–Crippen MR) is 107 cm³/mol. The molecule has 2 aliphatic rings. The van der Waals surface area contributed by atoms with E-state index in [9.17, 15) is 4.79 Å². The minimum absolute atomic E-state index is 0.341. The average molecular weight is 390 g/mol. The van der Waals surface area contributed by atoms with Gasteiger partial charge in [0, 0.05) is 24.4 Å². The van der Waals surface area contributed by atoms with Crippen molar-refractivity contribution in [2.45, 2.75) is 25.8 Å². The van der Waals surface area contributed by atoms with Crippen LogP contribution in [0, 0.1) is 0 Å². The van der Waals surface area contributed by atoms with Gasteiger partial charge in [0.05, 0.1) is 24.1 Å². The van der Waals surface area contributed by atoms with Crippen LogP contribution in [-0.2, 0) is 11.3 Å². The van der Waals surface area contributed by atoms with Crippen molar-refractivity contribution in [3.63, 3.8) is 0 Å². The highest BCUT2D eigenvalue weighted by Gasteiger charge is 2.25. The molecular formula is C22H22N4O3. The van der Waals surface area contributed by atoms with Gasteiger partial charge in [-0.2, -0.15) is 5.10 Å². The van der Waals surface area contributed by atoms with E-state index in [1.165, 1.54) is 32.6 Å². The Balaban J connectivity index is 1.61. The van der Waals surface area contributed by atoms with Crippen molar-refractivity contribution in [3.8, 4) is 28.6 Å². The van der Waals surface area contributed by atoms with E-state index < -0.39 is 5.97 Å². The number of carbonyl (C=O) groups excluding carboxylic acids is 1. The van der Waals surface area contributed by atoms with Gasteiger partial charge in [-0.1, -0.05) is 18.6 Å². The molecule has 0 amide bonds. The average Bonchev–Trinajstić information content (AvgIpc) is 3.12. The summed E-state index contributed by atoms with van der Waals surface area (Å²) in [5, 5.41) is 4.86. The van der Waals surface area contributed by atoms with Crippen LogP contribution in [0.2, 0.25) is 0 Å². The van der Waals surface area contributed by atoms with Crippen molar-refractivity contribution >= 4 is 5.97 Å². The van der Waals surface area contributed by atoms with Crippen LogP contribution in [0.25, 0.3) is 17.1 Å². The van der Waals surface area contributed by atoms with Crippen molar-refractivity contribution in [3.05, 3.63) is 53.9 Å². The maximum absolute atomic E-state index is 12.0. The van der Waals surface area contributed by atoms with Crippen LogP contribution in [0.1, 0.15) is 35.3 Å². The van der Waals surface area contributed by atoms with Crippen molar-refractivity contribution in [1.82, 2.24) is 19.7 Å². The fraction of sp³-hybridized carbons (Fsp3) is 0.318. The van der Waals surface area contributed by atoms with Crippen molar-refractivity contribution in [2.24, 2.45) is 0 Å². The highest BCUT2D eigenvalue weighted by atomic mass is 16.5. The standard InChI is InChI=1S/C22H22N4O3/c1-28-22(27)15-11-20-21(23-13-15)26-18(17-7-3-4-8-19(17)29-20)12-16(24-26)14-25-9-5-2-6-10-25/h3-4,7-8,11-13H,2,5-6,9-10,14H2,1H3. The summed E-state index contributed by atoms with van der Waals surface area (Å²) in [6, 6.07) is 11.6. The van der Waals surface area contributed by atoms with Gasteiger partial charge in [-0.15, -0.1) is 0 Å². The Morgan fingerprint density at radius 2 is 1.97 bits per heavy atom. The van der Waals surface area contributed by atoms with Crippen molar-refractivity contribution < 1.29 is 14.3 Å². The van der Waals surface area contributed by atoms with Gasteiger partial charge in [-0.3, -0.25) is 4.90 Å². The summed E-state index contributed by atoms with van der Waals surface area (Å²) in [5.74, 6) is 1.30. The SMILES string of the molecule is COC(=O)c1cnc2c(c1)Oc1ccccc1-c1cc(CN3CCCCC3)nn1-2. The number of nitrogens with zero attached hydrogens (tertiary/aromatic N) is 4. The van der Waals surface area contributed by atoms with Crippen molar-refractivity contribution in [1.29, 1.82) is 0 Å². The minimum atomic E-state index is -0.451. The molecule has 7 heteroatoms. The molecule has 29 heavy (non-hydrogen) atoms. The topological polar surface area (TPSA) is 69.5 Å². The van der Waals surface area contributed by atoms with E-state index in [0.29, 0.717) is 22.9 Å². The number of esters is 1. The molecule has 1 fully saturated rings.